The van der Waals surface area contributed by atoms with E-state index in [1.807, 2.05) is 0 Å². The van der Waals surface area contributed by atoms with Crippen LogP contribution in [0, 0.1) is 0 Å². The van der Waals surface area contributed by atoms with Crippen LogP contribution in [0.1, 0.15) is 45.1 Å². The summed E-state index contributed by atoms with van der Waals surface area (Å²) in [7, 11) is 0. The highest BCUT2D eigenvalue weighted by atomic mass is 15.3. The first-order chi connectivity index (χ1) is 24.6. The van der Waals surface area contributed by atoms with Crippen molar-refractivity contribution in [2.24, 2.45) is 0 Å². The molecule has 0 amide bonds. The third-order valence-electron chi connectivity index (χ3n) is 12.9. The summed E-state index contributed by atoms with van der Waals surface area (Å²) in [5, 5.41) is 1.30. The molecular formula is C46H38BN3. The van der Waals surface area contributed by atoms with Gasteiger partial charge in [0.1, 0.15) is 0 Å². The molecule has 7 aromatic rings. The van der Waals surface area contributed by atoms with Crippen molar-refractivity contribution in [3.8, 4) is 16.9 Å². The summed E-state index contributed by atoms with van der Waals surface area (Å²) in [6.07, 6.45) is 4.95. The molecule has 6 aromatic carbocycles. The third-order valence-corrected chi connectivity index (χ3v) is 12.9. The molecule has 3 nitrogen and oxygen atoms in total. The molecule has 1 aromatic heterocycles. The fraction of sp³-hybridized carbons (Fsp3) is 0.174. The number of hydrogen-bond donors (Lipinski definition) is 0. The third kappa shape index (κ3) is 3.51. The van der Waals surface area contributed by atoms with Gasteiger partial charge in [-0.15, -0.1) is 0 Å². The molecule has 1 fully saturated rings. The van der Waals surface area contributed by atoms with Crippen LogP contribution >= 0.6 is 0 Å². The molecule has 50 heavy (non-hydrogen) atoms. The van der Waals surface area contributed by atoms with Crippen LogP contribution in [0.2, 0.25) is 0 Å². The summed E-state index contributed by atoms with van der Waals surface area (Å²) in [5.41, 5.74) is 17.3. The lowest BCUT2D eigenvalue weighted by Crippen LogP contribution is -2.64. The topological polar surface area (TPSA) is 11.4 Å². The van der Waals surface area contributed by atoms with Crippen LogP contribution in [0.3, 0.4) is 0 Å². The number of nitrogens with zero attached hydrogens (tertiary/aromatic N) is 3. The highest BCUT2D eigenvalue weighted by molar-refractivity contribution is 7.00. The number of benzene rings is 6. The lowest BCUT2D eigenvalue weighted by atomic mass is 9.33. The van der Waals surface area contributed by atoms with E-state index < -0.39 is 0 Å². The van der Waals surface area contributed by atoms with Crippen molar-refractivity contribution >= 4 is 62.4 Å². The summed E-state index contributed by atoms with van der Waals surface area (Å²) < 4.78 is 2.60. The maximum Gasteiger partial charge on any atom is 0.252 e. The van der Waals surface area contributed by atoms with Gasteiger partial charge in [-0.2, -0.15) is 0 Å². The fourth-order valence-electron chi connectivity index (χ4n) is 10.5. The van der Waals surface area contributed by atoms with Crippen molar-refractivity contribution in [3.05, 3.63) is 151 Å². The van der Waals surface area contributed by atoms with Crippen molar-refractivity contribution in [1.82, 2.24) is 4.57 Å². The van der Waals surface area contributed by atoms with Gasteiger partial charge in [0.2, 0.25) is 0 Å². The first kappa shape index (κ1) is 28.4. The van der Waals surface area contributed by atoms with Crippen molar-refractivity contribution < 1.29 is 0 Å². The second-order valence-corrected chi connectivity index (χ2v) is 15.2. The lowest BCUT2D eigenvalue weighted by molar-refractivity contribution is 0.195. The van der Waals surface area contributed by atoms with Gasteiger partial charge in [0.05, 0.1) is 16.9 Å². The summed E-state index contributed by atoms with van der Waals surface area (Å²) in [5.74, 6) is 0. The second kappa shape index (κ2) is 10.0. The van der Waals surface area contributed by atoms with E-state index in [1.165, 1.54) is 92.5 Å². The minimum atomic E-state index is -0.0311. The molecule has 2 atom stereocenters. The number of aromatic nitrogens is 1. The first-order valence-corrected chi connectivity index (χ1v) is 18.3. The van der Waals surface area contributed by atoms with Gasteiger partial charge in [-0.3, -0.25) is 0 Å². The van der Waals surface area contributed by atoms with E-state index in [1.54, 1.807) is 0 Å². The molecule has 240 valence electrons. The average molecular weight is 644 g/mol. The largest absolute Gasteiger partial charge is 0.335 e. The van der Waals surface area contributed by atoms with Gasteiger partial charge in [0, 0.05) is 44.8 Å². The first-order valence-electron chi connectivity index (χ1n) is 18.3. The molecule has 0 N–H and O–H groups in total. The summed E-state index contributed by atoms with van der Waals surface area (Å²) >= 11 is 0. The molecule has 3 aliphatic heterocycles. The van der Waals surface area contributed by atoms with Crippen LogP contribution in [0.5, 0.6) is 0 Å². The van der Waals surface area contributed by atoms with Gasteiger partial charge in [-0.1, -0.05) is 123 Å². The van der Waals surface area contributed by atoms with Gasteiger partial charge in [0.25, 0.3) is 6.71 Å². The maximum atomic E-state index is 2.83. The zero-order chi connectivity index (χ0) is 33.2. The Morgan fingerprint density at radius 1 is 0.600 bits per heavy atom. The fourth-order valence-corrected chi connectivity index (χ4v) is 10.5. The van der Waals surface area contributed by atoms with E-state index in [4.69, 9.17) is 0 Å². The van der Waals surface area contributed by atoms with Crippen molar-refractivity contribution in [1.29, 1.82) is 0 Å². The summed E-state index contributed by atoms with van der Waals surface area (Å²) in [6, 6.07) is 54.4. The molecule has 4 heterocycles. The number of anilines is 5. The van der Waals surface area contributed by atoms with Gasteiger partial charge >= 0.3 is 0 Å². The molecule has 4 aliphatic rings. The predicted octanol–water partition coefficient (Wildman–Crippen LogP) is 9.65. The Labute approximate surface area is 294 Å². The number of fused-ring (bicyclic) bond motifs is 7. The van der Waals surface area contributed by atoms with Crippen molar-refractivity contribution in [2.75, 3.05) is 9.80 Å². The predicted molar refractivity (Wildman–Crippen MR) is 211 cm³/mol. The molecule has 0 bridgehead atoms. The van der Waals surface area contributed by atoms with Crippen LogP contribution < -0.4 is 26.2 Å². The van der Waals surface area contributed by atoms with Crippen molar-refractivity contribution in [2.45, 2.75) is 50.5 Å². The van der Waals surface area contributed by atoms with Crippen LogP contribution in [-0.2, 0) is 5.41 Å². The van der Waals surface area contributed by atoms with E-state index in [0.717, 1.165) is 11.4 Å². The minimum absolute atomic E-state index is 0.0311. The van der Waals surface area contributed by atoms with Crippen molar-refractivity contribution in [3.63, 3.8) is 0 Å². The molecule has 0 saturated heterocycles. The van der Waals surface area contributed by atoms with E-state index in [2.05, 4.69) is 174 Å². The average Bonchev–Trinajstić information content (AvgIpc) is 3.65. The minimum Gasteiger partial charge on any atom is -0.335 e. The highest BCUT2D eigenvalue weighted by Crippen LogP contribution is 2.61. The van der Waals surface area contributed by atoms with Gasteiger partial charge in [0.15, 0.2) is 0 Å². The Balaban J connectivity index is 1.30. The molecule has 0 spiro atoms. The molecule has 1 saturated carbocycles. The zero-order valence-electron chi connectivity index (χ0n) is 28.6. The Bertz CT molecular complexity index is 2450. The van der Waals surface area contributed by atoms with E-state index >= 15 is 0 Å². The van der Waals surface area contributed by atoms with Gasteiger partial charge < -0.3 is 14.4 Å². The standard InChI is InChI=1S/C46H38BN3/c1-45-26-12-13-27-46(45,2)50-41-30-35(48(33-19-8-4-9-20-33)34-21-10-5-11-22-34)29-40-42(41)47(38-25-15-23-36(45)44(38)50)37-24-14-18-32-28-39(49(40)43(32)37)31-16-6-3-7-17-31/h3-11,14-25,28-30H,12-13,26-27H2,1-2H3. The quantitative estimate of drug-likeness (QED) is 0.177. The van der Waals surface area contributed by atoms with Crippen LogP contribution in [0.4, 0.5) is 28.4 Å². The van der Waals surface area contributed by atoms with Gasteiger partial charge in [-0.25, -0.2) is 0 Å². The Hall–Kier alpha value is -5.48. The monoisotopic (exact) mass is 643 g/mol. The van der Waals surface area contributed by atoms with Crippen LogP contribution in [-0.4, -0.2) is 16.8 Å². The second-order valence-electron chi connectivity index (χ2n) is 15.2. The summed E-state index contributed by atoms with van der Waals surface area (Å²) in [4.78, 5) is 5.29. The number of hydrogen-bond acceptors (Lipinski definition) is 2. The SMILES string of the molecule is CC12CCCCC1(C)N1c3cc(N(c4ccccc4)c4ccccc4)cc4c3B(c3cccc2c31)c1cccc2cc(-c3ccccc3)n-4c12. The lowest BCUT2D eigenvalue weighted by Gasteiger charge is -2.52. The normalized spacial score (nSPS) is 20.8. The zero-order valence-corrected chi connectivity index (χ0v) is 28.6. The smallest absolute Gasteiger partial charge is 0.252 e. The van der Waals surface area contributed by atoms with Crippen LogP contribution in [0.15, 0.2) is 146 Å². The van der Waals surface area contributed by atoms with Gasteiger partial charge in [-0.05, 0) is 89.7 Å². The molecule has 4 heteroatoms. The number of para-hydroxylation sites is 4. The maximum absolute atomic E-state index is 2.83. The van der Waals surface area contributed by atoms with E-state index in [9.17, 15) is 0 Å². The Morgan fingerprint density at radius 2 is 1.24 bits per heavy atom. The van der Waals surface area contributed by atoms with Crippen LogP contribution in [0.25, 0.3) is 27.8 Å². The van der Waals surface area contributed by atoms with E-state index in [-0.39, 0.29) is 17.7 Å². The van der Waals surface area contributed by atoms with E-state index in [0.29, 0.717) is 0 Å². The highest BCUT2D eigenvalue weighted by Gasteiger charge is 2.61. The molecule has 0 radical (unpaired) electrons. The summed E-state index contributed by atoms with van der Waals surface area (Å²) in [6.45, 7) is 5.29. The molecular weight excluding hydrogens is 605 g/mol. The Morgan fingerprint density at radius 3 is 1.98 bits per heavy atom. The number of rotatable bonds is 4. The molecule has 1 aliphatic carbocycles. The Kier molecular flexibility index (Phi) is 5.70. The molecule has 11 rings (SSSR count). The molecule has 2 unspecified atom stereocenters.